The second-order valence-corrected chi connectivity index (χ2v) is 5.53. The van der Waals surface area contributed by atoms with Crippen LogP contribution in [0.3, 0.4) is 0 Å². The molecule has 1 atom stereocenters. The number of aromatic hydroxyl groups is 1. The Morgan fingerprint density at radius 1 is 1.00 bits per heavy atom. The van der Waals surface area contributed by atoms with Crippen LogP contribution in [-0.2, 0) is 0 Å². The maximum Gasteiger partial charge on any atom is 0.315 e. The molecule has 0 saturated heterocycles. The summed E-state index contributed by atoms with van der Waals surface area (Å²) < 4.78 is 21.4. The summed E-state index contributed by atoms with van der Waals surface area (Å²) in [7, 11) is 1.52. The maximum absolute atomic E-state index is 11.9. The highest BCUT2D eigenvalue weighted by Crippen LogP contribution is 2.42. The topological polar surface area (TPSA) is 98.3 Å². The van der Waals surface area contributed by atoms with Crippen molar-refractivity contribution in [1.29, 1.82) is 0 Å². The Balaban J connectivity index is 1.77. The number of phenolic OH excluding ortho intramolecular Hbond substituents is 1. The number of benzene rings is 2. The molecular weight excluding hydrogens is 328 g/mol. The number of fused-ring (bicyclic) bond motifs is 2. The first-order valence-corrected chi connectivity index (χ1v) is 7.66. The van der Waals surface area contributed by atoms with Crippen molar-refractivity contribution in [2.45, 2.75) is 6.04 Å². The first kappa shape index (κ1) is 15.3. The number of phenols is 1. The lowest BCUT2D eigenvalue weighted by molar-refractivity contribution is 0.173. The van der Waals surface area contributed by atoms with Gasteiger partial charge in [-0.1, -0.05) is 6.07 Å². The minimum absolute atomic E-state index is 0.0108. The van der Waals surface area contributed by atoms with Crippen molar-refractivity contribution in [3.8, 4) is 28.7 Å². The summed E-state index contributed by atoms with van der Waals surface area (Å²) in [6, 6.07) is 7.46. The van der Waals surface area contributed by atoms with E-state index in [1.165, 1.54) is 13.1 Å². The third kappa shape index (κ3) is 2.71. The zero-order valence-corrected chi connectivity index (χ0v) is 13.4. The fraction of sp³-hybridized carbons (Fsp3) is 0.235. The van der Waals surface area contributed by atoms with E-state index >= 15 is 0 Å². The first-order valence-electron chi connectivity index (χ1n) is 7.66. The van der Waals surface area contributed by atoms with Crippen LogP contribution in [0.2, 0.25) is 0 Å². The van der Waals surface area contributed by atoms with E-state index in [9.17, 15) is 9.90 Å². The quantitative estimate of drug-likeness (QED) is 0.786. The Kier molecular flexibility index (Phi) is 3.64. The van der Waals surface area contributed by atoms with Crippen molar-refractivity contribution in [3.05, 3.63) is 41.5 Å². The summed E-state index contributed by atoms with van der Waals surface area (Å²) in [6.07, 6.45) is 0. The van der Waals surface area contributed by atoms with E-state index in [1.807, 2.05) is 0 Å². The van der Waals surface area contributed by atoms with Crippen molar-refractivity contribution in [3.63, 3.8) is 0 Å². The molecule has 0 saturated carbocycles. The molecule has 8 heteroatoms. The van der Waals surface area contributed by atoms with Gasteiger partial charge in [0, 0.05) is 18.7 Å². The summed E-state index contributed by atoms with van der Waals surface area (Å²) in [5, 5.41) is 15.8. The third-order valence-electron chi connectivity index (χ3n) is 4.07. The minimum Gasteiger partial charge on any atom is -0.507 e. The average molecular weight is 344 g/mol. The van der Waals surface area contributed by atoms with Crippen molar-refractivity contribution in [2.75, 3.05) is 20.6 Å². The molecule has 2 aliphatic heterocycles. The zero-order chi connectivity index (χ0) is 17.4. The van der Waals surface area contributed by atoms with Gasteiger partial charge in [-0.25, -0.2) is 4.79 Å². The van der Waals surface area contributed by atoms with Crippen molar-refractivity contribution in [2.24, 2.45) is 0 Å². The monoisotopic (exact) mass is 344 g/mol. The molecule has 3 N–H and O–H groups in total. The molecule has 0 spiro atoms. The normalized spacial score (nSPS) is 14.9. The predicted octanol–water partition coefficient (Wildman–Crippen LogP) is 1.87. The molecule has 2 heterocycles. The second-order valence-electron chi connectivity index (χ2n) is 5.53. The van der Waals surface area contributed by atoms with E-state index in [-0.39, 0.29) is 25.4 Å². The van der Waals surface area contributed by atoms with Gasteiger partial charge in [-0.2, -0.15) is 0 Å². The van der Waals surface area contributed by atoms with Gasteiger partial charge in [0.25, 0.3) is 0 Å². The van der Waals surface area contributed by atoms with E-state index in [2.05, 4.69) is 10.6 Å². The molecule has 0 unspecified atom stereocenters. The number of hydrogen-bond acceptors (Lipinski definition) is 6. The predicted molar refractivity (Wildman–Crippen MR) is 86.2 cm³/mol. The van der Waals surface area contributed by atoms with E-state index in [0.29, 0.717) is 28.6 Å². The van der Waals surface area contributed by atoms with Crippen LogP contribution in [0, 0.1) is 0 Å². The lowest BCUT2D eigenvalue weighted by Gasteiger charge is -2.21. The van der Waals surface area contributed by atoms with Crippen LogP contribution < -0.4 is 29.6 Å². The van der Waals surface area contributed by atoms with E-state index in [4.69, 9.17) is 18.9 Å². The highest BCUT2D eigenvalue weighted by molar-refractivity contribution is 5.75. The number of ether oxygens (including phenoxy) is 4. The summed E-state index contributed by atoms with van der Waals surface area (Å²) in [5.74, 6) is 2.19. The molecule has 2 amide bonds. The fourth-order valence-electron chi connectivity index (χ4n) is 2.81. The van der Waals surface area contributed by atoms with Crippen LogP contribution >= 0.6 is 0 Å². The lowest BCUT2D eigenvalue weighted by atomic mass is 9.97. The fourth-order valence-corrected chi connectivity index (χ4v) is 2.81. The number of nitrogens with one attached hydrogen (secondary N) is 2. The Labute approximate surface area is 143 Å². The summed E-state index contributed by atoms with van der Waals surface area (Å²) in [4.78, 5) is 11.9. The highest BCUT2D eigenvalue weighted by atomic mass is 16.7. The van der Waals surface area contributed by atoms with Crippen LogP contribution in [0.25, 0.3) is 0 Å². The van der Waals surface area contributed by atoms with Gasteiger partial charge in [0.15, 0.2) is 23.0 Å². The van der Waals surface area contributed by atoms with Crippen LogP contribution in [0.4, 0.5) is 4.79 Å². The Morgan fingerprint density at radius 3 is 2.36 bits per heavy atom. The number of rotatable bonds is 3. The molecule has 0 fully saturated rings. The first-order chi connectivity index (χ1) is 12.2. The number of hydrogen-bond donors (Lipinski definition) is 3. The van der Waals surface area contributed by atoms with Crippen LogP contribution in [0.1, 0.15) is 17.2 Å². The summed E-state index contributed by atoms with van der Waals surface area (Å²) >= 11 is 0. The summed E-state index contributed by atoms with van der Waals surface area (Å²) in [5.41, 5.74) is 1.20. The molecule has 0 bridgehead atoms. The van der Waals surface area contributed by atoms with Gasteiger partial charge in [0.05, 0.1) is 6.04 Å². The van der Waals surface area contributed by atoms with Crippen LogP contribution in [0.5, 0.6) is 28.7 Å². The SMILES string of the molecule is CNC(=O)N[C@H](c1ccc2c(c1)OCO2)c1cc2c(cc1O)OCO2. The molecule has 130 valence electrons. The molecule has 4 rings (SSSR count). The minimum atomic E-state index is -0.621. The molecular formula is C17H16N2O6. The van der Waals surface area contributed by atoms with Gasteiger partial charge in [-0.05, 0) is 23.8 Å². The van der Waals surface area contributed by atoms with Gasteiger partial charge >= 0.3 is 6.03 Å². The van der Waals surface area contributed by atoms with E-state index < -0.39 is 6.04 Å². The Bertz CT molecular complexity index is 838. The standard InChI is InChI=1S/C17H16N2O6/c1-18-17(21)19-16(9-2-3-12-13(4-9)23-7-22-12)10-5-14-15(6-11(10)20)25-8-24-14/h2-6,16,20H,7-8H2,1H3,(H2,18,19,21)/t16-/m1/s1. The number of carbonyl (C=O) groups excluding carboxylic acids is 1. The molecule has 0 aromatic heterocycles. The Hall–Kier alpha value is -3.29. The second kappa shape index (κ2) is 5.97. The van der Waals surface area contributed by atoms with Crippen molar-refractivity contribution < 1.29 is 28.8 Å². The molecule has 25 heavy (non-hydrogen) atoms. The van der Waals surface area contributed by atoms with Gasteiger partial charge < -0.3 is 34.7 Å². The molecule has 2 aromatic carbocycles. The Morgan fingerprint density at radius 2 is 1.64 bits per heavy atom. The van der Waals surface area contributed by atoms with Gasteiger partial charge in [0.1, 0.15) is 5.75 Å². The number of urea groups is 1. The van der Waals surface area contributed by atoms with Crippen LogP contribution in [0.15, 0.2) is 30.3 Å². The van der Waals surface area contributed by atoms with Gasteiger partial charge in [-0.3, -0.25) is 0 Å². The third-order valence-corrected chi connectivity index (χ3v) is 4.07. The zero-order valence-electron chi connectivity index (χ0n) is 13.4. The number of amides is 2. The summed E-state index contributed by atoms with van der Waals surface area (Å²) in [6.45, 7) is 0.247. The van der Waals surface area contributed by atoms with Crippen LogP contribution in [-0.4, -0.2) is 31.8 Å². The molecule has 8 nitrogen and oxygen atoms in total. The molecule has 2 aromatic rings. The van der Waals surface area contributed by atoms with Crippen molar-refractivity contribution in [1.82, 2.24) is 10.6 Å². The number of carbonyl (C=O) groups is 1. The smallest absolute Gasteiger partial charge is 0.315 e. The van der Waals surface area contributed by atoms with E-state index in [1.54, 1.807) is 24.3 Å². The van der Waals surface area contributed by atoms with E-state index in [0.717, 1.165) is 5.56 Å². The van der Waals surface area contributed by atoms with Gasteiger partial charge in [0.2, 0.25) is 13.6 Å². The van der Waals surface area contributed by atoms with Gasteiger partial charge in [-0.15, -0.1) is 0 Å². The largest absolute Gasteiger partial charge is 0.507 e. The highest BCUT2D eigenvalue weighted by Gasteiger charge is 2.26. The molecule has 0 aliphatic carbocycles. The average Bonchev–Trinajstić information content (AvgIpc) is 3.26. The lowest BCUT2D eigenvalue weighted by Crippen LogP contribution is -2.36. The maximum atomic E-state index is 11.9. The van der Waals surface area contributed by atoms with Crippen molar-refractivity contribution >= 4 is 6.03 Å². The molecule has 2 aliphatic rings. The molecule has 0 radical (unpaired) electrons.